The van der Waals surface area contributed by atoms with Gasteiger partial charge in [-0.1, -0.05) is 13.3 Å². The Balaban J connectivity index is 2.46. The fourth-order valence-corrected chi connectivity index (χ4v) is 2.98. The molecular weight excluding hydrogens is 224 g/mol. The number of nitrogens with zero attached hydrogens (tertiary/aromatic N) is 1. The van der Waals surface area contributed by atoms with E-state index in [9.17, 15) is 4.79 Å². The molecule has 4 atom stereocenters. The van der Waals surface area contributed by atoms with Crippen molar-refractivity contribution in [2.24, 2.45) is 11.7 Å². The van der Waals surface area contributed by atoms with E-state index in [2.05, 4.69) is 25.7 Å². The van der Waals surface area contributed by atoms with Gasteiger partial charge >= 0.3 is 0 Å². The number of piperidine rings is 1. The molecule has 1 amide bonds. The Morgan fingerprint density at radius 2 is 1.78 bits per heavy atom. The van der Waals surface area contributed by atoms with Crippen LogP contribution in [0.3, 0.4) is 0 Å². The molecule has 3 heteroatoms. The first-order chi connectivity index (χ1) is 8.43. The van der Waals surface area contributed by atoms with Crippen molar-refractivity contribution in [2.75, 3.05) is 0 Å². The van der Waals surface area contributed by atoms with Gasteiger partial charge in [0.2, 0.25) is 5.91 Å². The standard InChI is InChI=1S/C15H30N2O/c1-11(7-5-8-12(2)16)15(18)17-13(3)9-6-10-14(17)4/h11-14H,5-10,16H2,1-4H3/t11?,12?,13-,14+. The molecule has 106 valence electrons. The summed E-state index contributed by atoms with van der Waals surface area (Å²) >= 11 is 0. The fourth-order valence-electron chi connectivity index (χ4n) is 2.98. The van der Waals surface area contributed by atoms with E-state index in [1.54, 1.807) is 0 Å². The van der Waals surface area contributed by atoms with Gasteiger partial charge in [-0.05, 0) is 52.9 Å². The Morgan fingerprint density at radius 3 is 2.28 bits per heavy atom. The van der Waals surface area contributed by atoms with E-state index < -0.39 is 0 Å². The Kier molecular flexibility index (Phi) is 6.13. The number of amides is 1. The maximum atomic E-state index is 12.5. The lowest BCUT2D eigenvalue weighted by Crippen LogP contribution is -2.49. The molecule has 1 saturated heterocycles. The van der Waals surface area contributed by atoms with Crippen molar-refractivity contribution >= 4 is 5.91 Å². The van der Waals surface area contributed by atoms with Crippen molar-refractivity contribution in [3.05, 3.63) is 0 Å². The monoisotopic (exact) mass is 254 g/mol. The maximum absolute atomic E-state index is 12.5. The van der Waals surface area contributed by atoms with Crippen LogP contribution in [0.1, 0.15) is 66.2 Å². The Morgan fingerprint density at radius 1 is 1.22 bits per heavy atom. The molecule has 0 aliphatic carbocycles. The molecule has 0 saturated carbocycles. The minimum atomic E-state index is 0.145. The predicted molar refractivity (Wildman–Crippen MR) is 76.3 cm³/mol. The zero-order valence-electron chi connectivity index (χ0n) is 12.5. The third kappa shape index (κ3) is 4.27. The summed E-state index contributed by atoms with van der Waals surface area (Å²) < 4.78 is 0. The highest BCUT2D eigenvalue weighted by Gasteiger charge is 2.31. The lowest BCUT2D eigenvalue weighted by molar-refractivity contribution is -0.141. The Labute approximate surface area is 112 Å². The molecule has 0 aromatic rings. The molecule has 1 aliphatic rings. The molecule has 1 aliphatic heterocycles. The van der Waals surface area contributed by atoms with Crippen LogP contribution in [0.5, 0.6) is 0 Å². The van der Waals surface area contributed by atoms with E-state index in [0.717, 1.165) is 32.1 Å². The lowest BCUT2D eigenvalue weighted by atomic mass is 9.93. The second-order valence-corrected chi connectivity index (χ2v) is 6.18. The van der Waals surface area contributed by atoms with Crippen LogP contribution in [-0.2, 0) is 4.79 Å². The van der Waals surface area contributed by atoms with E-state index in [1.807, 2.05) is 6.92 Å². The average molecular weight is 254 g/mol. The molecule has 18 heavy (non-hydrogen) atoms. The number of likely N-dealkylation sites (tertiary alicyclic amines) is 1. The molecular formula is C15H30N2O. The van der Waals surface area contributed by atoms with Gasteiger partial charge in [-0.3, -0.25) is 4.79 Å². The molecule has 3 nitrogen and oxygen atoms in total. The summed E-state index contributed by atoms with van der Waals surface area (Å²) in [6.07, 6.45) is 6.61. The van der Waals surface area contributed by atoms with E-state index in [-0.39, 0.29) is 12.0 Å². The third-order valence-electron chi connectivity index (χ3n) is 4.17. The molecule has 2 N–H and O–H groups in total. The molecule has 1 heterocycles. The molecule has 0 spiro atoms. The van der Waals surface area contributed by atoms with Crippen LogP contribution < -0.4 is 5.73 Å². The van der Waals surface area contributed by atoms with Crippen molar-refractivity contribution < 1.29 is 4.79 Å². The quantitative estimate of drug-likeness (QED) is 0.820. The number of carbonyl (C=O) groups excluding carboxylic acids is 1. The largest absolute Gasteiger partial charge is 0.337 e. The van der Waals surface area contributed by atoms with E-state index in [4.69, 9.17) is 5.73 Å². The zero-order valence-corrected chi connectivity index (χ0v) is 12.5. The van der Waals surface area contributed by atoms with Crippen LogP contribution in [0.15, 0.2) is 0 Å². The predicted octanol–water partition coefficient (Wildman–Crippen LogP) is 2.93. The molecule has 0 aromatic heterocycles. The maximum Gasteiger partial charge on any atom is 0.225 e. The van der Waals surface area contributed by atoms with Gasteiger partial charge < -0.3 is 10.6 Å². The van der Waals surface area contributed by atoms with Gasteiger partial charge in [0.1, 0.15) is 0 Å². The van der Waals surface area contributed by atoms with Gasteiger partial charge in [-0.2, -0.15) is 0 Å². The van der Waals surface area contributed by atoms with Gasteiger partial charge in [0.05, 0.1) is 0 Å². The second-order valence-electron chi connectivity index (χ2n) is 6.18. The highest BCUT2D eigenvalue weighted by molar-refractivity contribution is 5.79. The van der Waals surface area contributed by atoms with Crippen molar-refractivity contribution in [1.29, 1.82) is 0 Å². The highest BCUT2D eigenvalue weighted by atomic mass is 16.2. The second kappa shape index (κ2) is 7.13. The van der Waals surface area contributed by atoms with Crippen LogP contribution in [0.2, 0.25) is 0 Å². The highest BCUT2D eigenvalue weighted by Crippen LogP contribution is 2.25. The molecule has 0 bridgehead atoms. The minimum Gasteiger partial charge on any atom is -0.337 e. The van der Waals surface area contributed by atoms with Crippen LogP contribution in [-0.4, -0.2) is 28.9 Å². The van der Waals surface area contributed by atoms with Crippen LogP contribution in [0.4, 0.5) is 0 Å². The SMILES string of the molecule is CC(N)CCCC(C)C(=O)N1[C@H](C)CCC[C@@H]1C. The molecule has 0 radical (unpaired) electrons. The summed E-state index contributed by atoms with van der Waals surface area (Å²) in [5.41, 5.74) is 5.75. The number of nitrogens with two attached hydrogens (primary N) is 1. The zero-order chi connectivity index (χ0) is 13.7. The summed E-state index contributed by atoms with van der Waals surface area (Å²) in [4.78, 5) is 14.6. The van der Waals surface area contributed by atoms with E-state index >= 15 is 0 Å². The molecule has 0 aromatic carbocycles. The summed E-state index contributed by atoms with van der Waals surface area (Å²) in [7, 11) is 0. The summed E-state index contributed by atoms with van der Waals surface area (Å²) in [5, 5.41) is 0. The van der Waals surface area contributed by atoms with E-state index in [1.165, 1.54) is 6.42 Å². The molecule has 1 rings (SSSR count). The first-order valence-corrected chi connectivity index (χ1v) is 7.51. The topological polar surface area (TPSA) is 46.3 Å². The van der Waals surface area contributed by atoms with Gasteiger partial charge in [0, 0.05) is 24.0 Å². The average Bonchev–Trinajstić information content (AvgIpc) is 2.27. The van der Waals surface area contributed by atoms with Gasteiger partial charge in [0.15, 0.2) is 0 Å². The van der Waals surface area contributed by atoms with Gasteiger partial charge in [-0.15, -0.1) is 0 Å². The smallest absolute Gasteiger partial charge is 0.225 e. The fraction of sp³-hybridized carbons (Fsp3) is 0.933. The first kappa shape index (κ1) is 15.5. The summed E-state index contributed by atoms with van der Waals surface area (Å²) in [6, 6.07) is 1.08. The van der Waals surface area contributed by atoms with Gasteiger partial charge in [0.25, 0.3) is 0 Å². The normalized spacial score (nSPS) is 27.9. The number of hydrogen-bond donors (Lipinski definition) is 1. The molecule has 2 unspecified atom stereocenters. The van der Waals surface area contributed by atoms with Crippen LogP contribution >= 0.6 is 0 Å². The van der Waals surface area contributed by atoms with Crippen molar-refractivity contribution in [3.8, 4) is 0 Å². The molecule has 1 fully saturated rings. The number of rotatable bonds is 5. The first-order valence-electron chi connectivity index (χ1n) is 7.51. The summed E-state index contributed by atoms with van der Waals surface area (Å²) in [6.45, 7) is 8.46. The van der Waals surface area contributed by atoms with Gasteiger partial charge in [-0.25, -0.2) is 0 Å². The number of hydrogen-bond acceptors (Lipinski definition) is 2. The Bertz CT molecular complexity index is 255. The summed E-state index contributed by atoms with van der Waals surface area (Å²) in [5.74, 6) is 0.492. The van der Waals surface area contributed by atoms with Crippen molar-refractivity contribution in [3.63, 3.8) is 0 Å². The third-order valence-corrected chi connectivity index (χ3v) is 4.17. The van der Waals surface area contributed by atoms with Crippen molar-refractivity contribution in [2.45, 2.75) is 84.3 Å². The van der Waals surface area contributed by atoms with Crippen LogP contribution in [0.25, 0.3) is 0 Å². The Hall–Kier alpha value is -0.570. The van der Waals surface area contributed by atoms with Crippen LogP contribution in [0, 0.1) is 5.92 Å². The van der Waals surface area contributed by atoms with Crippen molar-refractivity contribution in [1.82, 2.24) is 4.90 Å². The lowest BCUT2D eigenvalue weighted by Gasteiger charge is -2.40. The minimum absolute atomic E-state index is 0.145. The van der Waals surface area contributed by atoms with E-state index in [0.29, 0.717) is 18.0 Å². The number of carbonyl (C=O) groups is 1.